The van der Waals surface area contributed by atoms with Gasteiger partial charge >= 0.3 is 0 Å². The van der Waals surface area contributed by atoms with Crippen LogP contribution in [0.3, 0.4) is 0 Å². The van der Waals surface area contributed by atoms with Gasteiger partial charge in [-0.15, -0.1) is 12.4 Å². The molecule has 1 aliphatic carbocycles. The zero-order valence-electron chi connectivity index (χ0n) is 12.5. The van der Waals surface area contributed by atoms with Crippen LogP contribution in [0.25, 0.3) is 11.5 Å². The summed E-state index contributed by atoms with van der Waals surface area (Å²) in [7, 11) is -3.35. The van der Waals surface area contributed by atoms with Crippen LogP contribution in [-0.4, -0.2) is 24.8 Å². The van der Waals surface area contributed by atoms with E-state index >= 15 is 0 Å². The van der Waals surface area contributed by atoms with E-state index in [-0.39, 0.29) is 23.2 Å². The number of hydrogen-bond donors (Lipinski definition) is 1. The Morgan fingerprint density at radius 3 is 2.57 bits per heavy atom. The first-order chi connectivity index (χ1) is 10.3. The second kappa shape index (κ2) is 6.51. The van der Waals surface area contributed by atoms with Crippen LogP contribution in [0.1, 0.15) is 31.5 Å². The van der Waals surface area contributed by atoms with E-state index in [2.05, 4.69) is 26.1 Å². The van der Waals surface area contributed by atoms with E-state index in [9.17, 15) is 8.42 Å². The molecule has 6 nitrogen and oxygen atoms in total. The Morgan fingerprint density at radius 2 is 1.96 bits per heavy atom. The van der Waals surface area contributed by atoms with Crippen molar-refractivity contribution in [2.24, 2.45) is 5.73 Å². The average molecular weight is 423 g/mol. The van der Waals surface area contributed by atoms with E-state index in [1.807, 2.05) is 0 Å². The lowest BCUT2D eigenvalue weighted by Gasteiger charge is -2.17. The van der Waals surface area contributed by atoms with Crippen LogP contribution in [0.5, 0.6) is 0 Å². The van der Waals surface area contributed by atoms with Crippen molar-refractivity contribution in [2.75, 3.05) is 6.26 Å². The summed E-state index contributed by atoms with van der Waals surface area (Å²) >= 11 is 3.24. The van der Waals surface area contributed by atoms with Gasteiger partial charge in [-0.1, -0.05) is 18.0 Å². The first-order valence-corrected chi connectivity index (χ1v) is 9.61. The molecule has 2 aromatic rings. The second-order valence-electron chi connectivity index (χ2n) is 5.70. The van der Waals surface area contributed by atoms with Gasteiger partial charge in [0, 0.05) is 16.3 Å². The van der Waals surface area contributed by atoms with Crippen LogP contribution < -0.4 is 5.73 Å². The number of nitrogens with two attached hydrogens (primary N) is 1. The highest BCUT2D eigenvalue weighted by molar-refractivity contribution is 9.10. The standard InChI is InChI=1S/C14H16BrN3O3S.ClH/c1-22(19,20)11-8-9(4-5-10(11)15)12-17-13(18-21-12)14(16)6-2-3-7-14;/h4-5,8H,2-3,6-7,16H2,1H3;1H. The van der Waals surface area contributed by atoms with Crippen LogP contribution in [0.4, 0.5) is 0 Å². The Hall–Kier alpha value is -0.960. The van der Waals surface area contributed by atoms with E-state index in [0.29, 0.717) is 15.9 Å². The Morgan fingerprint density at radius 1 is 1.30 bits per heavy atom. The van der Waals surface area contributed by atoms with Crippen molar-refractivity contribution in [3.8, 4) is 11.5 Å². The molecule has 1 aliphatic rings. The third-order valence-corrected chi connectivity index (χ3v) is 6.04. The van der Waals surface area contributed by atoms with Gasteiger partial charge in [-0.2, -0.15) is 4.98 Å². The normalized spacial score (nSPS) is 17.0. The Kier molecular flexibility index (Phi) is 5.20. The number of sulfone groups is 1. The lowest BCUT2D eigenvalue weighted by Crippen LogP contribution is -2.34. The van der Waals surface area contributed by atoms with Crippen molar-refractivity contribution in [3.05, 3.63) is 28.5 Å². The minimum absolute atomic E-state index is 0. The van der Waals surface area contributed by atoms with Crippen molar-refractivity contribution >= 4 is 38.2 Å². The van der Waals surface area contributed by atoms with Gasteiger partial charge in [0.05, 0.1) is 10.4 Å². The fourth-order valence-electron chi connectivity index (χ4n) is 2.69. The molecule has 0 saturated heterocycles. The maximum atomic E-state index is 11.8. The third kappa shape index (κ3) is 3.60. The predicted octanol–water partition coefficient (Wildman–Crippen LogP) is 3.05. The quantitative estimate of drug-likeness (QED) is 0.816. The maximum absolute atomic E-state index is 11.8. The van der Waals surface area contributed by atoms with E-state index in [4.69, 9.17) is 10.3 Å². The molecule has 0 spiro atoms. The fraction of sp³-hybridized carbons (Fsp3) is 0.429. The molecule has 1 aromatic heterocycles. The molecule has 23 heavy (non-hydrogen) atoms. The van der Waals surface area contributed by atoms with Gasteiger partial charge in [-0.25, -0.2) is 8.42 Å². The van der Waals surface area contributed by atoms with Crippen LogP contribution in [0.15, 0.2) is 32.1 Å². The predicted molar refractivity (Wildman–Crippen MR) is 92.1 cm³/mol. The first kappa shape index (κ1) is 18.4. The summed E-state index contributed by atoms with van der Waals surface area (Å²) in [6, 6.07) is 4.91. The summed E-state index contributed by atoms with van der Waals surface area (Å²) in [5.74, 6) is 0.771. The molecule has 0 amide bonds. The van der Waals surface area contributed by atoms with Gasteiger partial charge in [0.2, 0.25) is 0 Å². The average Bonchev–Trinajstić information content (AvgIpc) is 3.07. The maximum Gasteiger partial charge on any atom is 0.258 e. The molecule has 9 heteroatoms. The van der Waals surface area contributed by atoms with Gasteiger partial charge in [-0.3, -0.25) is 0 Å². The molecule has 3 rings (SSSR count). The molecular weight excluding hydrogens is 406 g/mol. The van der Waals surface area contributed by atoms with Gasteiger partial charge in [0.15, 0.2) is 15.7 Å². The highest BCUT2D eigenvalue weighted by atomic mass is 79.9. The van der Waals surface area contributed by atoms with Gasteiger partial charge in [0.25, 0.3) is 5.89 Å². The summed E-state index contributed by atoms with van der Waals surface area (Å²) < 4.78 is 29.4. The number of rotatable bonds is 3. The minimum atomic E-state index is -3.35. The summed E-state index contributed by atoms with van der Waals surface area (Å²) in [6.07, 6.45) is 4.93. The Bertz CT molecular complexity index is 816. The smallest absolute Gasteiger partial charge is 0.258 e. The highest BCUT2D eigenvalue weighted by Gasteiger charge is 2.36. The Labute approximate surface area is 149 Å². The van der Waals surface area contributed by atoms with Crippen LogP contribution in [0, 0.1) is 0 Å². The molecule has 1 aromatic carbocycles. The molecule has 0 bridgehead atoms. The van der Waals surface area contributed by atoms with E-state index in [1.165, 1.54) is 6.07 Å². The number of hydrogen-bond acceptors (Lipinski definition) is 6. The van der Waals surface area contributed by atoms with Crippen molar-refractivity contribution in [1.29, 1.82) is 0 Å². The van der Waals surface area contributed by atoms with E-state index < -0.39 is 15.4 Å². The van der Waals surface area contributed by atoms with Crippen LogP contribution >= 0.6 is 28.3 Å². The fourth-order valence-corrected chi connectivity index (χ4v) is 4.59. The van der Waals surface area contributed by atoms with Crippen molar-refractivity contribution in [3.63, 3.8) is 0 Å². The minimum Gasteiger partial charge on any atom is -0.334 e. The molecule has 0 aliphatic heterocycles. The molecule has 1 saturated carbocycles. The van der Waals surface area contributed by atoms with Crippen molar-refractivity contribution in [1.82, 2.24) is 10.1 Å². The van der Waals surface area contributed by atoms with E-state index in [0.717, 1.165) is 31.9 Å². The van der Waals surface area contributed by atoms with Crippen LogP contribution in [0.2, 0.25) is 0 Å². The monoisotopic (exact) mass is 421 g/mol. The second-order valence-corrected chi connectivity index (χ2v) is 8.54. The number of nitrogens with zero attached hydrogens (tertiary/aromatic N) is 2. The van der Waals surface area contributed by atoms with Gasteiger partial charge in [-0.05, 0) is 47.0 Å². The largest absolute Gasteiger partial charge is 0.334 e. The Balaban J connectivity index is 0.00000192. The number of aromatic nitrogens is 2. The number of halogens is 2. The summed E-state index contributed by atoms with van der Waals surface area (Å²) in [6.45, 7) is 0. The summed E-state index contributed by atoms with van der Waals surface area (Å²) in [5.41, 5.74) is 6.33. The first-order valence-electron chi connectivity index (χ1n) is 6.93. The van der Waals surface area contributed by atoms with Crippen molar-refractivity contribution < 1.29 is 12.9 Å². The lowest BCUT2D eigenvalue weighted by atomic mass is 9.99. The molecule has 1 heterocycles. The molecule has 0 radical (unpaired) electrons. The molecule has 1 fully saturated rings. The SMILES string of the molecule is CS(=O)(=O)c1cc(-c2nc(C3(N)CCCC3)no2)ccc1Br.Cl. The molecule has 0 atom stereocenters. The molecular formula is C14H17BrClN3O3S. The zero-order chi connectivity index (χ0) is 16.0. The third-order valence-electron chi connectivity index (χ3n) is 3.94. The van der Waals surface area contributed by atoms with E-state index in [1.54, 1.807) is 12.1 Å². The molecule has 2 N–H and O–H groups in total. The molecule has 0 unspecified atom stereocenters. The summed E-state index contributed by atoms with van der Waals surface area (Å²) in [5, 5.41) is 3.99. The number of benzene rings is 1. The zero-order valence-corrected chi connectivity index (χ0v) is 15.7. The van der Waals surface area contributed by atoms with Gasteiger partial charge < -0.3 is 10.3 Å². The topological polar surface area (TPSA) is 99.1 Å². The molecule has 126 valence electrons. The summed E-state index contributed by atoms with van der Waals surface area (Å²) in [4.78, 5) is 4.56. The van der Waals surface area contributed by atoms with Gasteiger partial charge in [0.1, 0.15) is 0 Å². The highest BCUT2D eigenvalue weighted by Crippen LogP contribution is 2.36. The lowest BCUT2D eigenvalue weighted by molar-refractivity contribution is 0.372. The van der Waals surface area contributed by atoms with Crippen LogP contribution in [-0.2, 0) is 15.4 Å². The van der Waals surface area contributed by atoms with Crippen molar-refractivity contribution in [2.45, 2.75) is 36.1 Å².